The van der Waals surface area contributed by atoms with Crippen LogP contribution in [-0.4, -0.2) is 23.1 Å². The van der Waals surface area contributed by atoms with Crippen LogP contribution in [0, 0.1) is 0 Å². The maximum Gasteiger partial charge on any atom is 0.416 e. The molecule has 0 spiro atoms. The van der Waals surface area contributed by atoms with Crippen molar-refractivity contribution in [1.29, 1.82) is 0 Å². The van der Waals surface area contributed by atoms with E-state index < -0.39 is 36.7 Å². The number of hydrogen-bond acceptors (Lipinski definition) is 4. The zero-order valence-electron chi connectivity index (χ0n) is 12.7. The van der Waals surface area contributed by atoms with Crippen LogP contribution in [0.3, 0.4) is 0 Å². The Morgan fingerprint density at radius 2 is 1.40 bits per heavy atom. The molecule has 2 aromatic rings. The van der Waals surface area contributed by atoms with Crippen LogP contribution in [-0.2, 0) is 26.2 Å². The zero-order chi connectivity index (χ0) is 18.9. The molecule has 0 fully saturated rings. The first kappa shape index (κ1) is 19.1. The summed E-state index contributed by atoms with van der Waals surface area (Å²) in [6, 6.07) is 8.71. The summed E-state index contributed by atoms with van der Waals surface area (Å²) >= 11 is 0. The van der Waals surface area contributed by atoms with Crippen LogP contribution in [0.2, 0.25) is 0 Å². The van der Waals surface area contributed by atoms with Gasteiger partial charge < -0.3 is 0 Å². The van der Waals surface area contributed by atoms with Crippen molar-refractivity contribution < 1.29 is 30.0 Å². The monoisotopic (exact) mass is 394 g/mol. The summed E-state index contributed by atoms with van der Waals surface area (Å²) in [4.78, 5) is -0.600. The van der Waals surface area contributed by atoms with E-state index in [0.717, 1.165) is 24.5 Å². The molecule has 6 nitrogen and oxygen atoms in total. The molecule has 136 valence electrons. The summed E-state index contributed by atoms with van der Waals surface area (Å²) in [5, 5.41) is 0. The molecular weight excluding hydrogens is 381 g/mol. The first-order chi connectivity index (χ1) is 11.4. The first-order valence-electron chi connectivity index (χ1n) is 6.65. The number of hydrogen-bond donors (Lipinski definition) is 2. The van der Waals surface area contributed by atoms with Crippen molar-refractivity contribution in [2.75, 3.05) is 15.7 Å². The first-order valence-corrected chi connectivity index (χ1v) is 10.0. The van der Waals surface area contributed by atoms with E-state index in [1.165, 1.54) is 24.3 Å². The third-order valence-corrected chi connectivity index (χ3v) is 4.89. The van der Waals surface area contributed by atoms with Crippen molar-refractivity contribution in [1.82, 2.24) is 0 Å². The summed E-state index contributed by atoms with van der Waals surface area (Å²) in [5.41, 5.74) is -1.29. The molecule has 0 atom stereocenters. The van der Waals surface area contributed by atoms with Gasteiger partial charge >= 0.3 is 6.18 Å². The number of anilines is 2. The molecule has 0 aromatic heterocycles. The summed E-state index contributed by atoms with van der Waals surface area (Å²) in [6.45, 7) is 0. The molecule has 0 bridgehead atoms. The van der Waals surface area contributed by atoms with E-state index in [1.54, 1.807) is 0 Å². The number of halogens is 3. The lowest BCUT2D eigenvalue weighted by Crippen LogP contribution is -2.17. The molecule has 25 heavy (non-hydrogen) atoms. The Labute approximate surface area is 142 Å². The maximum absolute atomic E-state index is 12.7. The van der Waals surface area contributed by atoms with Crippen molar-refractivity contribution in [3.8, 4) is 0 Å². The van der Waals surface area contributed by atoms with Crippen molar-refractivity contribution in [2.45, 2.75) is 11.1 Å². The predicted octanol–water partition coefficient (Wildman–Crippen LogP) is 2.88. The largest absolute Gasteiger partial charge is 0.416 e. The van der Waals surface area contributed by atoms with E-state index in [2.05, 4.69) is 9.44 Å². The number of alkyl halides is 3. The fourth-order valence-electron chi connectivity index (χ4n) is 1.90. The minimum Gasteiger partial charge on any atom is -0.282 e. The van der Waals surface area contributed by atoms with E-state index in [9.17, 15) is 30.0 Å². The van der Waals surface area contributed by atoms with Gasteiger partial charge in [0.2, 0.25) is 10.0 Å². The molecular formula is C14H13F3N2O4S2. The predicted molar refractivity (Wildman–Crippen MR) is 87.2 cm³/mol. The molecule has 0 radical (unpaired) electrons. The molecule has 0 unspecified atom stereocenters. The SMILES string of the molecule is CS(=O)(=O)Nc1ccccc1NS(=O)(=O)c1cccc(C(F)(F)F)c1. The summed E-state index contributed by atoms with van der Waals surface area (Å²) in [6.07, 6.45) is -3.81. The van der Waals surface area contributed by atoms with E-state index in [4.69, 9.17) is 0 Å². The summed E-state index contributed by atoms with van der Waals surface area (Å²) in [7, 11) is -8.04. The van der Waals surface area contributed by atoms with Crippen molar-refractivity contribution in [3.63, 3.8) is 0 Å². The van der Waals surface area contributed by atoms with Crippen LogP contribution in [0.4, 0.5) is 24.5 Å². The number of para-hydroxylation sites is 2. The van der Waals surface area contributed by atoms with E-state index in [0.29, 0.717) is 6.07 Å². The van der Waals surface area contributed by atoms with Gasteiger partial charge in [-0.15, -0.1) is 0 Å². The Morgan fingerprint density at radius 1 is 0.840 bits per heavy atom. The van der Waals surface area contributed by atoms with Gasteiger partial charge in [0.1, 0.15) is 0 Å². The minimum absolute atomic E-state index is 0.0550. The molecule has 0 aliphatic heterocycles. The lowest BCUT2D eigenvalue weighted by molar-refractivity contribution is -0.137. The number of rotatable bonds is 5. The highest BCUT2D eigenvalue weighted by molar-refractivity contribution is 7.93. The van der Waals surface area contributed by atoms with E-state index in [-0.39, 0.29) is 11.4 Å². The fraction of sp³-hybridized carbons (Fsp3) is 0.143. The molecule has 0 amide bonds. The average Bonchev–Trinajstić information content (AvgIpc) is 2.47. The normalized spacial score (nSPS) is 12.6. The lowest BCUT2D eigenvalue weighted by atomic mass is 10.2. The third kappa shape index (κ3) is 5.10. The lowest BCUT2D eigenvalue weighted by Gasteiger charge is -2.14. The van der Waals surface area contributed by atoms with Gasteiger partial charge in [-0.05, 0) is 30.3 Å². The smallest absolute Gasteiger partial charge is 0.282 e. The molecule has 2 rings (SSSR count). The van der Waals surface area contributed by atoms with Crippen molar-refractivity contribution in [2.24, 2.45) is 0 Å². The summed E-state index contributed by atoms with van der Waals surface area (Å²) in [5.74, 6) is 0. The quantitative estimate of drug-likeness (QED) is 0.816. The molecule has 2 N–H and O–H groups in total. The second-order valence-electron chi connectivity index (χ2n) is 5.05. The molecule has 0 aliphatic carbocycles. The highest BCUT2D eigenvalue weighted by atomic mass is 32.2. The molecule has 0 saturated heterocycles. The highest BCUT2D eigenvalue weighted by Gasteiger charge is 2.31. The van der Waals surface area contributed by atoms with Crippen LogP contribution in [0.25, 0.3) is 0 Å². The Hall–Kier alpha value is -2.27. The third-order valence-electron chi connectivity index (χ3n) is 2.94. The Bertz CT molecular complexity index is 987. The van der Waals surface area contributed by atoms with E-state index in [1.807, 2.05) is 0 Å². The fourth-order valence-corrected chi connectivity index (χ4v) is 3.61. The van der Waals surface area contributed by atoms with Crippen molar-refractivity contribution >= 4 is 31.4 Å². The maximum atomic E-state index is 12.7. The second-order valence-corrected chi connectivity index (χ2v) is 8.48. The molecule has 0 saturated carbocycles. The van der Waals surface area contributed by atoms with Gasteiger partial charge in [0, 0.05) is 0 Å². The van der Waals surface area contributed by atoms with Crippen LogP contribution in [0.15, 0.2) is 53.4 Å². The average molecular weight is 394 g/mol. The topological polar surface area (TPSA) is 92.3 Å². The van der Waals surface area contributed by atoms with Gasteiger partial charge in [0.05, 0.1) is 28.1 Å². The van der Waals surface area contributed by atoms with Crippen LogP contribution in [0.1, 0.15) is 5.56 Å². The molecule has 2 aromatic carbocycles. The van der Waals surface area contributed by atoms with Gasteiger partial charge in [0.15, 0.2) is 0 Å². The number of nitrogens with one attached hydrogen (secondary N) is 2. The van der Waals surface area contributed by atoms with Gasteiger partial charge in [0.25, 0.3) is 10.0 Å². The van der Waals surface area contributed by atoms with E-state index >= 15 is 0 Å². The van der Waals surface area contributed by atoms with Crippen LogP contribution in [0.5, 0.6) is 0 Å². The Morgan fingerprint density at radius 3 is 1.92 bits per heavy atom. The van der Waals surface area contributed by atoms with Gasteiger partial charge in [-0.1, -0.05) is 18.2 Å². The van der Waals surface area contributed by atoms with Gasteiger partial charge in [-0.2, -0.15) is 13.2 Å². The Kier molecular flexibility index (Phi) is 5.00. The van der Waals surface area contributed by atoms with Gasteiger partial charge in [-0.25, -0.2) is 16.8 Å². The molecule has 0 heterocycles. The van der Waals surface area contributed by atoms with Crippen LogP contribution >= 0.6 is 0 Å². The standard InChI is InChI=1S/C14H13F3N2O4S2/c1-24(20,21)18-12-7-2-3-8-13(12)19-25(22,23)11-6-4-5-10(9-11)14(15,16)17/h2-9,18-19H,1H3. The zero-order valence-corrected chi connectivity index (χ0v) is 14.3. The second kappa shape index (κ2) is 6.56. The number of benzene rings is 2. The molecule has 11 heteroatoms. The van der Waals surface area contributed by atoms with Crippen molar-refractivity contribution in [3.05, 3.63) is 54.1 Å². The summed E-state index contributed by atoms with van der Waals surface area (Å²) < 4.78 is 89.8. The highest BCUT2D eigenvalue weighted by Crippen LogP contribution is 2.31. The number of sulfonamides is 2. The molecule has 0 aliphatic rings. The Balaban J connectivity index is 2.41. The van der Waals surface area contributed by atoms with Gasteiger partial charge in [-0.3, -0.25) is 9.44 Å². The van der Waals surface area contributed by atoms with Crippen LogP contribution < -0.4 is 9.44 Å². The minimum atomic E-state index is -4.69.